The highest BCUT2D eigenvalue weighted by atomic mass is 16.5. The maximum absolute atomic E-state index is 13.8. The first kappa shape index (κ1) is 24.0. The standard InChI is InChI=1S/C26H28N4O5/c1-17-9-5-6-11-19(17)14-30-23(31)22-21(24(32)35-4)28-16-29(22)15-26(30,2)25(33)27-13-18-10-7-8-12-20(18)34-3/h5-12,16H,13-15H2,1-4H3,(H,27,33)/t26-/m1/s1. The van der Waals surface area contributed by atoms with Gasteiger partial charge in [-0.15, -0.1) is 0 Å². The molecule has 2 aromatic carbocycles. The molecule has 0 unspecified atom stereocenters. The van der Waals surface area contributed by atoms with Gasteiger partial charge in [-0.3, -0.25) is 9.59 Å². The lowest BCUT2D eigenvalue weighted by Crippen LogP contribution is -2.63. The summed E-state index contributed by atoms with van der Waals surface area (Å²) in [5, 5.41) is 2.97. The van der Waals surface area contributed by atoms with Crippen molar-refractivity contribution >= 4 is 17.8 Å². The van der Waals surface area contributed by atoms with Gasteiger partial charge in [0.05, 0.1) is 27.1 Å². The Morgan fingerprint density at radius 1 is 1.09 bits per heavy atom. The number of carbonyl (C=O) groups excluding carboxylic acids is 3. The molecule has 4 rings (SSSR count). The summed E-state index contributed by atoms with van der Waals surface area (Å²) in [6.45, 7) is 4.22. The van der Waals surface area contributed by atoms with E-state index in [4.69, 9.17) is 9.47 Å². The van der Waals surface area contributed by atoms with E-state index in [1.807, 2.05) is 55.5 Å². The number of esters is 1. The fraction of sp³-hybridized carbons (Fsp3) is 0.308. The van der Waals surface area contributed by atoms with Crippen molar-refractivity contribution in [1.82, 2.24) is 19.8 Å². The number of aryl methyl sites for hydroxylation is 1. The maximum atomic E-state index is 13.8. The zero-order chi connectivity index (χ0) is 25.2. The smallest absolute Gasteiger partial charge is 0.359 e. The Morgan fingerprint density at radius 3 is 2.46 bits per heavy atom. The van der Waals surface area contributed by atoms with E-state index in [0.717, 1.165) is 16.7 Å². The van der Waals surface area contributed by atoms with Crippen LogP contribution in [-0.2, 0) is 29.2 Å². The lowest BCUT2D eigenvalue weighted by Gasteiger charge is -2.44. The number of benzene rings is 2. The number of nitrogens with one attached hydrogen (secondary N) is 1. The van der Waals surface area contributed by atoms with Crippen LogP contribution in [0.2, 0.25) is 0 Å². The summed E-state index contributed by atoms with van der Waals surface area (Å²) in [5.41, 5.74) is 1.50. The van der Waals surface area contributed by atoms with E-state index >= 15 is 0 Å². The molecule has 35 heavy (non-hydrogen) atoms. The van der Waals surface area contributed by atoms with Gasteiger partial charge in [0.1, 0.15) is 17.0 Å². The molecule has 0 fully saturated rings. The second kappa shape index (κ2) is 9.61. The van der Waals surface area contributed by atoms with Crippen LogP contribution in [0, 0.1) is 6.92 Å². The van der Waals surface area contributed by atoms with Crippen molar-refractivity contribution in [2.75, 3.05) is 14.2 Å². The Balaban J connectivity index is 1.71. The number of imidazole rings is 1. The van der Waals surface area contributed by atoms with Crippen molar-refractivity contribution in [2.45, 2.75) is 39.0 Å². The van der Waals surface area contributed by atoms with Gasteiger partial charge in [0.2, 0.25) is 5.91 Å². The van der Waals surface area contributed by atoms with Gasteiger partial charge < -0.3 is 24.3 Å². The summed E-state index contributed by atoms with van der Waals surface area (Å²) < 4.78 is 11.7. The number of para-hydroxylation sites is 1. The van der Waals surface area contributed by atoms with E-state index in [0.29, 0.717) is 5.75 Å². The van der Waals surface area contributed by atoms with E-state index in [1.54, 1.807) is 18.6 Å². The molecule has 2 heterocycles. The quantitative estimate of drug-likeness (QED) is 0.526. The fourth-order valence-corrected chi connectivity index (χ4v) is 4.35. The third-order valence-corrected chi connectivity index (χ3v) is 6.45. The van der Waals surface area contributed by atoms with Crippen LogP contribution >= 0.6 is 0 Å². The highest BCUT2D eigenvalue weighted by molar-refractivity contribution is 6.06. The summed E-state index contributed by atoms with van der Waals surface area (Å²) in [4.78, 5) is 45.3. The molecule has 0 bridgehead atoms. The zero-order valence-corrected chi connectivity index (χ0v) is 20.2. The van der Waals surface area contributed by atoms with E-state index in [9.17, 15) is 14.4 Å². The molecule has 1 aliphatic heterocycles. The molecule has 1 atom stereocenters. The van der Waals surface area contributed by atoms with Gasteiger partial charge >= 0.3 is 5.97 Å². The Hall–Kier alpha value is -4.14. The monoisotopic (exact) mass is 476 g/mol. The molecule has 2 amide bonds. The summed E-state index contributed by atoms with van der Waals surface area (Å²) in [6.07, 6.45) is 1.40. The number of hydrogen-bond donors (Lipinski definition) is 1. The number of rotatable bonds is 7. The van der Waals surface area contributed by atoms with Crippen LogP contribution in [0.5, 0.6) is 5.75 Å². The molecular weight excluding hydrogens is 448 g/mol. The number of ether oxygens (including phenoxy) is 2. The van der Waals surface area contributed by atoms with E-state index in [-0.39, 0.29) is 36.9 Å². The normalized spacial score (nSPS) is 17.0. The second-order valence-electron chi connectivity index (χ2n) is 8.65. The molecule has 1 aliphatic rings. The van der Waals surface area contributed by atoms with Crippen LogP contribution in [0.25, 0.3) is 0 Å². The summed E-state index contributed by atoms with van der Waals surface area (Å²) in [5.74, 6) is -0.835. The molecule has 9 nitrogen and oxygen atoms in total. The van der Waals surface area contributed by atoms with Gasteiger partial charge in [0.25, 0.3) is 5.91 Å². The van der Waals surface area contributed by atoms with Crippen LogP contribution in [0.15, 0.2) is 54.9 Å². The third kappa shape index (κ3) is 4.37. The van der Waals surface area contributed by atoms with Crippen LogP contribution in [-0.4, -0.2) is 52.0 Å². The lowest BCUT2D eigenvalue weighted by atomic mass is 9.92. The summed E-state index contributed by atoms with van der Waals surface area (Å²) >= 11 is 0. The number of nitrogens with zero attached hydrogens (tertiary/aromatic N) is 3. The average Bonchev–Trinajstić information content (AvgIpc) is 3.29. The van der Waals surface area contributed by atoms with Crippen LogP contribution in [0.4, 0.5) is 0 Å². The first-order chi connectivity index (χ1) is 16.8. The minimum Gasteiger partial charge on any atom is -0.496 e. The van der Waals surface area contributed by atoms with Gasteiger partial charge in [0, 0.05) is 18.7 Å². The van der Waals surface area contributed by atoms with Gasteiger partial charge in [-0.25, -0.2) is 9.78 Å². The fourth-order valence-electron chi connectivity index (χ4n) is 4.35. The van der Waals surface area contributed by atoms with Crippen molar-refractivity contribution in [3.8, 4) is 5.75 Å². The number of aromatic nitrogens is 2. The summed E-state index contributed by atoms with van der Waals surface area (Å²) in [7, 11) is 2.81. The molecule has 0 radical (unpaired) electrons. The van der Waals surface area contributed by atoms with Gasteiger partial charge in [0.15, 0.2) is 5.69 Å². The predicted octanol–water partition coefficient (Wildman–Crippen LogP) is 2.72. The van der Waals surface area contributed by atoms with Crippen LogP contribution in [0.3, 0.4) is 0 Å². The average molecular weight is 477 g/mol. The van der Waals surface area contributed by atoms with E-state index in [1.165, 1.54) is 18.3 Å². The Bertz CT molecular complexity index is 1280. The molecule has 0 aliphatic carbocycles. The number of amides is 2. The van der Waals surface area contributed by atoms with Crippen molar-refractivity contribution in [1.29, 1.82) is 0 Å². The van der Waals surface area contributed by atoms with E-state index in [2.05, 4.69) is 10.3 Å². The van der Waals surface area contributed by atoms with E-state index < -0.39 is 17.4 Å². The van der Waals surface area contributed by atoms with Crippen LogP contribution < -0.4 is 10.1 Å². The molecule has 0 saturated heterocycles. The highest BCUT2D eigenvalue weighted by Gasteiger charge is 2.49. The Morgan fingerprint density at radius 2 is 1.77 bits per heavy atom. The van der Waals surface area contributed by atoms with Crippen LogP contribution in [0.1, 0.15) is 44.6 Å². The lowest BCUT2D eigenvalue weighted by molar-refractivity contribution is -0.133. The molecule has 0 saturated carbocycles. The minimum absolute atomic E-state index is 0.0660. The van der Waals surface area contributed by atoms with Gasteiger partial charge in [-0.2, -0.15) is 0 Å². The molecule has 9 heteroatoms. The Kier molecular flexibility index (Phi) is 6.59. The molecule has 182 valence electrons. The van der Waals surface area contributed by atoms with Gasteiger partial charge in [-0.1, -0.05) is 42.5 Å². The molecule has 1 N–H and O–H groups in total. The largest absolute Gasteiger partial charge is 0.496 e. The van der Waals surface area contributed by atoms with Crippen molar-refractivity contribution in [2.24, 2.45) is 0 Å². The second-order valence-corrected chi connectivity index (χ2v) is 8.65. The maximum Gasteiger partial charge on any atom is 0.359 e. The van der Waals surface area contributed by atoms with Gasteiger partial charge in [-0.05, 0) is 31.0 Å². The molecule has 0 spiro atoms. The SMILES string of the molecule is COC(=O)c1ncn2c1C(=O)N(Cc1ccccc1C)[C@@](C)(C(=O)NCc1ccccc1OC)C2. The van der Waals surface area contributed by atoms with Crippen molar-refractivity contribution < 1.29 is 23.9 Å². The highest BCUT2D eigenvalue weighted by Crippen LogP contribution is 2.31. The first-order valence-electron chi connectivity index (χ1n) is 11.2. The summed E-state index contributed by atoms with van der Waals surface area (Å²) in [6, 6.07) is 15.1. The zero-order valence-electron chi connectivity index (χ0n) is 20.2. The molecule has 1 aromatic heterocycles. The topological polar surface area (TPSA) is 103 Å². The number of methoxy groups -OCH3 is 2. The number of fused-ring (bicyclic) bond motifs is 1. The van der Waals surface area contributed by atoms with Crippen molar-refractivity contribution in [3.63, 3.8) is 0 Å². The minimum atomic E-state index is -1.25. The first-order valence-corrected chi connectivity index (χ1v) is 11.2. The third-order valence-electron chi connectivity index (χ3n) is 6.45. The van der Waals surface area contributed by atoms with Crippen molar-refractivity contribution in [3.05, 3.63) is 82.9 Å². The predicted molar refractivity (Wildman–Crippen MR) is 128 cm³/mol. The number of hydrogen-bond acceptors (Lipinski definition) is 6. The number of carbonyl (C=O) groups is 3. The molecular formula is C26H28N4O5. The Labute approximate surface area is 203 Å². The molecule has 3 aromatic rings.